The van der Waals surface area contributed by atoms with E-state index >= 15 is 0 Å². The Morgan fingerprint density at radius 1 is 1.00 bits per heavy atom. The van der Waals surface area contributed by atoms with Crippen LogP contribution in [0.5, 0.6) is 0 Å². The Kier molecular flexibility index (Phi) is 1.66. The maximum absolute atomic E-state index is 12.5. The van der Waals surface area contributed by atoms with Gasteiger partial charge >= 0.3 is 11.9 Å². The van der Waals surface area contributed by atoms with Gasteiger partial charge in [-0.25, -0.2) is 0 Å². The fraction of sp³-hybridized carbons (Fsp3) is 0.800. The summed E-state index contributed by atoms with van der Waals surface area (Å²) in [7, 11) is 0. The second-order valence-electron chi connectivity index (χ2n) is 7.13. The summed E-state index contributed by atoms with van der Waals surface area (Å²) < 4.78 is 11.2. The summed E-state index contributed by atoms with van der Waals surface area (Å²) in [6.07, 6.45) is 1.05. The molecule has 0 spiro atoms. The molecule has 0 amide bonds. The van der Waals surface area contributed by atoms with Gasteiger partial charge in [-0.3, -0.25) is 14.4 Å². The van der Waals surface area contributed by atoms with Crippen molar-refractivity contribution in [2.24, 2.45) is 47.3 Å². The zero-order valence-corrected chi connectivity index (χ0v) is 11.4. The van der Waals surface area contributed by atoms with Crippen LogP contribution in [0.4, 0.5) is 0 Å². The third-order valence-corrected chi connectivity index (χ3v) is 6.70. The molecule has 5 aliphatic rings. The molecule has 5 heteroatoms. The first-order valence-corrected chi connectivity index (χ1v) is 7.40. The number of fused-ring (bicyclic) bond motifs is 2. The number of rotatable bonds is 2. The first-order chi connectivity index (χ1) is 9.47. The van der Waals surface area contributed by atoms with Crippen LogP contribution in [0.15, 0.2) is 0 Å². The lowest BCUT2D eigenvalue weighted by Gasteiger charge is -2.50. The quantitative estimate of drug-likeness (QED) is 0.550. The lowest BCUT2D eigenvalue weighted by molar-refractivity contribution is -0.280. The van der Waals surface area contributed by atoms with Crippen LogP contribution in [0, 0.1) is 47.3 Å². The smallest absolute Gasteiger partial charge is 0.305 e. The number of hydrogen-bond donors (Lipinski definition) is 0. The number of ether oxygens (including phenoxy) is 2. The van der Waals surface area contributed by atoms with Crippen LogP contribution in [0.3, 0.4) is 0 Å². The second-order valence-corrected chi connectivity index (χ2v) is 7.13. The van der Waals surface area contributed by atoms with Gasteiger partial charge in [-0.2, -0.15) is 0 Å². The van der Waals surface area contributed by atoms with Gasteiger partial charge in [0.2, 0.25) is 0 Å². The van der Waals surface area contributed by atoms with Gasteiger partial charge in [0.15, 0.2) is 0 Å². The summed E-state index contributed by atoms with van der Waals surface area (Å²) in [6.45, 7) is 2.70. The van der Waals surface area contributed by atoms with Gasteiger partial charge in [0.1, 0.15) is 5.78 Å². The Hall–Kier alpha value is -1.39. The lowest BCUT2D eigenvalue weighted by Crippen LogP contribution is -2.61. The van der Waals surface area contributed by atoms with Crippen LogP contribution in [0.25, 0.3) is 0 Å². The van der Waals surface area contributed by atoms with E-state index in [0.717, 1.165) is 6.42 Å². The minimum atomic E-state index is -1.14. The van der Waals surface area contributed by atoms with E-state index in [-0.39, 0.29) is 23.7 Å². The normalized spacial score (nSPS) is 54.2. The number of hydrogen-bond acceptors (Lipinski definition) is 5. The van der Waals surface area contributed by atoms with Crippen LogP contribution in [-0.4, -0.2) is 23.5 Å². The number of Topliss-reactive ketones (excluding diaryl/α,β-unsaturated/α-hetero) is 1. The Morgan fingerprint density at radius 3 is 2.25 bits per heavy atom. The minimum absolute atomic E-state index is 0.0301. The molecule has 106 valence electrons. The van der Waals surface area contributed by atoms with Crippen molar-refractivity contribution in [2.75, 3.05) is 0 Å². The van der Waals surface area contributed by atoms with Crippen molar-refractivity contribution in [3.63, 3.8) is 0 Å². The largest absolute Gasteiger partial charge is 0.422 e. The average molecular weight is 276 g/mol. The van der Waals surface area contributed by atoms with E-state index in [4.69, 9.17) is 9.47 Å². The first-order valence-electron chi connectivity index (χ1n) is 7.40. The van der Waals surface area contributed by atoms with E-state index in [9.17, 15) is 14.4 Å². The average Bonchev–Trinajstić information content (AvgIpc) is 2.77. The van der Waals surface area contributed by atoms with Crippen molar-refractivity contribution in [1.82, 2.24) is 0 Å². The molecule has 0 saturated heterocycles. The SMILES string of the molecule is CC(=O)OC1(OC(C)=O)[C@@H]2[C@H]3C[C@H]4[C@@H]2C(=O)[C@@H]2[C@@H]4[C@H]3[C@H]21. The highest BCUT2D eigenvalue weighted by Gasteiger charge is 2.90. The highest BCUT2D eigenvalue weighted by molar-refractivity contribution is 5.92. The second kappa shape index (κ2) is 2.95. The monoisotopic (exact) mass is 276 g/mol. The summed E-state index contributed by atoms with van der Waals surface area (Å²) >= 11 is 0. The van der Waals surface area contributed by atoms with Crippen molar-refractivity contribution in [1.29, 1.82) is 0 Å². The molecule has 0 unspecified atom stereocenters. The van der Waals surface area contributed by atoms with Crippen LogP contribution >= 0.6 is 0 Å². The summed E-state index contributed by atoms with van der Waals surface area (Å²) in [4.78, 5) is 35.6. The van der Waals surface area contributed by atoms with Crippen LogP contribution in [0.1, 0.15) is 20.3 Å². The van der Waals surface area contributed by atoms with E-state index in [2.05, 4.69) is 0 Å². The van der Waals surface area contributed by atoms with Gasteiger partial charge in [0.05, 0.1) is 5.92 Å². The number of ketones is 1. The van der Waals surface area contributed by atoms with E-state index in [0.29, 0.717) is 29.5 Å². The molecule has 5 nitrogen and oxygen atoms in total. The summed E-state index contributed by atoms with van der Waals surface area (Å²) in [5, 5.41) is 0. The predicted molar refractivity (Wildman–Crippen MR) is 63.8 cm³/mol. The number of carbonyl (C=O) groups is 3. The molecule has 2 bridgehead atoms. The molecular weight excluding hydrogens is 260 g/mol. The minimum Gasteiger partial charge on any atom is -0.422 e. The van der Waals surface area contributed by atoms with Crippen molar-refractivity contribution in [3.05, 3.63) is 0 Å². The predicted octanol–water partition coefficient (Wildman–Crippen LogP) is 0.766. The van der Waals surface area contributed by atoms with Crippen LogP contribution < -0.4 is 0 Å². The maximum atomic E-state index is 12.5. The Balaban J connectivity index is 1.67. The van der Waals surface area contributed by atoms with Crippen molar-refractivity contribution < 1.29 is 23.9 Å². The van der Waals surface area contributed by atoms with Crippen molar-refractivity contribution in [2.45, 2.75) is 26.1 Å². The number of esters is 2. The van der Waals surface area contributed by atoms with Gasteiger partial charge in [-0.15, -0.1) is 0 Å². The van der Waals surface area contributed by atoms with Gasteiger partial charge < -0.3 is 9.47 Å². The number of carbonyl (C=O) groups excluding carboxylic acids is 3. The first kappa shape index (κ1) is 11.3. The molecule has 5 rings (SSSR count). The Bertz CT molecular complexity index is 565. The fourth-order valence-corrected chi connectivity index (χ4v) is 6.86. The molecule has 0 aromatic carbocycles. The summed E-state index contributed by atoms with van der Waals surface area (Å²) in [5.41, 5.74) is 0. The lowest BCUT2D eigenvalue weighted by atomic mass is 9.58. The zero-order valence-electron chi connectivity index (χ0n) is 11.4. The van der Waals surface area contributed by atoms with Gasteiger partial charge in [0.25, 0.3) is 5.79 Å². The molecule has 5 fully saturated rings. The van der Waals surface area contributed by atoms with E-state index in [1.54, 1.807) is 0 Å². The van der Waals surface area contributed by atoms with E-state index in [1.807, 2.05) is 0 Å². The van der Waals surface area contributed by atoms with Gasteiger partial charge in [-0.05, 0) is 30.1 Å². The third-order valence-electron chi connectivity index (χ3n) is 6.70. The Morgan fingerprint density at radius 2 is 1.65 bits per heavy atom. The molecule has 0 N–H and O–H groups in total. The van der Waals surface area contributed by atoms with Gasteiger partial charge in [-0.1, -0.05) is 0 Å². The molecule has 0 aliphatic heterocycles. The van der Waals surface area contributed by atoms with Crippen LogP contribution in [-0.2, 0) is 23.9 Å². The third kappa shape index (κ3) is 0.860. The van der Waals surface area contributed by atoms with Crippen molar-refractivity contribution in [3.8, 4) is 0 Å². The zero-order chi connectivity index (χ0) is 14.0. The summed E-state index contributed by atoms with van der Waals surface area (Å²) in [5.74, 6) is -0.108. The molecule has 0 aromatic heterocycles. The van der Waals surface area contributed by atoms with Gasteiger partial charge in [0, 0.05) is 31.6 Å². The summed E-state index contributed by atoms with van der Waals surface area (Å²) in [6, 6.07) is 0. The molecule has 0 heterocycles. The molecule has 0 aromatic rings. The van der Waals surface area contributed by atoms with Crippen LogP contribution in [0.2, 0.25) is 0 Å². The molecule has 20 heavy (non-hydrogen) atoms. The molecule has 5 aliphatic carbocycles. The maximum Gasteiger partial charge on any atom is 0.305 e. The molecule has 0 radical (unpaired) electrons. The van der Waals surface area contributed by atoms with E-state index < -0.39 is 17.7 Å². The standard InChI is InChI=1S/C15H16O5/c1-4(16)19-15(20-5(2)17)12-7-3-6-8-9(7)13(15)11(8)14(18)10(6)12/h6-13H,3H2,1-2H3/t6-,7+,8+,9+,10+,11-,12-,13-/m1/s1. The highest BCUT2D eigenvalue weighted by Crippen LogP contribution is 2.84. The Labute approximate surface area is 116 Å². The highest BCUT2D eigenvalue weighted by atomic mass is 16.7. The topological polar surface area (TPSA) is 69.7 Å². The molecular formula is C15H16O5. The molecule has 8 atom stereocenters. The van der Waals surface area contributed by atoms with E-state index in [1.165, 1.54) is 13.8 Å². The van der Waals surface area contributed by atoms with Crippen molar-refractivity contribution >= 4 is 17.7 Å². The molecule has 5 saturated carbocycles. The fourth-order valence-electron chi connectivity index (χ4n) is 6.86.